The quantitative estimate of drug-likeness (QED) is 0.598. The van der Waals surface area contributed by atoms with Gasteiger partial charge in [-0.15, -0.1) is 0 Å². The molecule has 5 heterocycles. The van der Waals surface area contributed by atoms with Crippen LogP contribution >= 0.6 is 11.3 Å². The largest absolute Gasteiger partial charge is 0.366 e. The van der Waals surface area contributed by atoms with E-state index in [2.05, 4.69) is 15.8 Å². The lowest BCUT2D eigenvalue weighted by Crippen LogP contribution is -2.13. The van der Waals surface area contributed by atoms with Crippen molar-refractivity contribution in [3.63, 3.8) is 0 Å². The monoisotopic (exact) mass is 234 g/mol. The molecule has 2 aromatic rings. The number of hydrogen-bond donors (Lipinski definition) is 4. The first-order valence-electron chi connectivity index (χ1n) is 4.82. The molecule has 0 saturated heterocycles. The summed E-state index contributed by atoms with van der Waals surface area (Å²) in [6, 6.07) is 2.21. The molecule has 6 heteroatoms. The van der Waals surface area contributed by atoms with Gasteiger partial charge in [0.2, 0.25) is 5.91 Å². The van der Waals surface area contributed by atoms with Crippen LogP contribution in [-0.2, 0) is 0 Å². The molecule has 0 aromatic carbocycles. The van der Waals surface area contributed by atoms with Gasteiger partial charge in [0.25, 0.3) is 0 Å². The van der Waals surface area contributed by atoms with Crippen LogP contribution in [0.3, 0.4) is 0 Å². The summed E-state index contributed by atoms with van der Waals surface area (Å²) in [6.07, 6.45) is 2.04. The van der Waals surface area contributed by atoms with E-state index < -0.39 is 0 Å². The first kappa shape index (κ1) is 9.44. The van der Waals surface area contributed by atoms with Gasteiger partial charge in [0, 0.05) is 22.7 Å². The minimum Gasteiger partial charge on any atom is -0.366 e. The second kappa shape index (κ2) is 3.36. The van der Waals surface area contributed by atoms with Crippen molar-refractivity contribution in [3.8, 4) is 0 Å². The standard InChI is InChI=1S/C5H5N3.C5H5NOS/c1-2-3-5(6-1)4(2)8-7-3;6-5(7)4-1-2-8-3-4/h1,3,6-8H;1-3H,(H2,6,7). The second-order valence-corrected chi connectivity index (χ2v) is 4.39. The van der Waals surface area contributed by atoms with Crippen molar-refractivity contribution in [1.82, 2.24) is 10.4 Å². The summed E-state index contributed by atoms with van der Waals surface area (Å²) in [5.74, 6) is -0.355. The smallest absolute Gasteiger partial charge is 0.249 e. The van der Waals surface area contributed by atoms with Crippen molar-refractivity contribution in [1.29, 1.82) is 0 Å². The van der Waals surface area contributed by atoms with Gasteiger partial charge in [-0.05, 0) is 11.4 Å². The normalized spacial score (nSPS) is 18.1. The molecular formula is C10H10N4OS. The Morgan fingerprint density at radius 2 is 2.38 bits per heavy atom. The Hall–Kier alpha value is -1.79. The lowest BCUT2D eigenvalue weighted by atomic mass is 9.99. The molecule has 4 aliphatic rings. The lowest BCUT2D eigenvalue weighted by molar-refractivity contribution is 0.100. The second-order valence-electron chi connectivity index (χ2n) is 3.61. The van der Waals surface area contributed by atoms with Gasteiger partial charge in [0.15, 0.2) is 0 Å². The third-order valence-corrected chi connectivity index (χ3v) is 3.37. The van der Waals surface area contributed by atoms with E-state index in [1.807, 2.05) is 11.6 Å². The van der Waals surface area contributed by atoms with Gasteiger partial charge in [-0.25, -0.2) is 5.43 Å². The molecule has 0 radical (unpaired) electrons. The van der Waals surface area contributed by atoms with Crippen molar-refractivity contribution in [2.24, 2.45) is 5.73 Å². The molecule has 0 spiro atoms. The van der Waals surface area contributed by atoms with Crippen molar-refractivity contribution in [3.05, 3.63) is 39.8 Å². The molecule has 1 amide bonds. The minimum absolute atomic E-state index is 0.355. The molecule has 1 aliphatic carbocycles. The SMILES string of the molecule is NC(=O)c1ccsc1.c1[nH]c2c3c1C2NN3. The van der Waals surface area contributed by atoms with Crippen LogP contribution in [0.1, 0.15) is 27.7 Å². The van der Waals surface area contributed by atoms with Crippen LogP contribution in [0.4, 0.5) is 5.69 Å². The van der Waals surface area contributed by atoms with Gasteiger partial charge in [0.05, 0.1) is 17.4 Å². The first-order chi connectivity index (χ1) is 7.77. The maximum absolute atomic E-state index is 10.3. The molecular weight excluding hydrogens is 224 g/mol. The fourth-order valence-electron chi connectivity index (χ4n) is 1.83. The summed E-state index contributed by atoms with van der Waals surface area (Å²) >= 11 is 1.47. The fraction of sp³-hybridized carbons (Fsp3) is 0.100. The Morgan fingerprint density at radius 1 is 1.50 bits per heavy atom. The number of hydrazine groups is 1. The number of rotatable bonds is 1. The number of hydrogen-bond acceptors (Lipinski definition) is 4. The van der Waals surface area contributed by atoms with Crippen molar-refractivity contribution < 1.29 is 4.79 Å². The van der Waals surface area contributed by atoms with E-state index in [1.165, 1.54) is 28.3 Å². The Morgan fingerprint density at radius 3 is 2.69 bits per heavy atom. The van der Waals surface area contributed by atoms with Gasteiger partial charge >= 0.3 is 0 Å². The van der Waals surface area contributed by atoms with E-state index >= 15 is 0 Å². The molecule has 0 fully saturated rings. The number of carbonyl (C=O) groups excluding carboxylic acids is 1. The maximum atomic E-state index is 10.3. The average molecular weight is 234 g/mol. The van der Waals surface area contributed by atoms with E-state index in [-0.39, 0.29) is 5.91 Å². The third kappa shape index (κ3) is 1.24. The Bertz CT molecular complexity index is 510. The van der Waals surface area contributed by atoms with Crippen LogP contribution in [0.25, 0.3) is 0 Å². The van der Waals surface area contributed by atoms with Crippen LogP contribution in [-0.4, -0.2) is 10.9 Å². The summed E-state index contributed by atoms with van der Waals surface area (Å²) in [5.41, 5.74) is 15.7. The van der Waals surface area contributed by atoms with Gasteiger partial charge in [-0.2, -0.15) is 11.3 Å². The molecule has 5 N–H and O–H groups in total. The first-order valence-corrected chi connectivity index (χ1v) is 5.76. The summed E-state index contributed by atoms with van der Waals surface area (Å²) in [5, 5.41) is 3.54. The van der Waals surface area contributed by atoms with Crippen molar-refractivity contribution in [2.45, 2.75) is 6.04 Å². The molecule has 6 rings (SSSR count). The highest BCUT2D eigenvalue weighted by Gasteiger charge is 2.39. The van der Waals surface area contributed by atoms with Crippen molar-refractivity contribution >= 4 is 22.9 Å². The van der Waals surface area contributed by atoms with Crippen LogP contribution in [0.15, 0.2) is 23.0 Å². The highest BCUT2D eigenvalue weighted by atomic mass is 32.1. The van der Waals surface area contributed by atoms with E-state index in [1.54, 1.807) is 11.4 Å². The average Bonchev–Trinajstić information content (AvgIpc) is 3.07. The topological polar surface area (TPSA) is 82.9 Å². The minimum atomic E-state index is -0.355. The zero-order valence-electron chi connectivity index (χ0n) is 8.28. The Kier molecular flexibility index (Phi) is 1.98. The molecule has 5 nitrogen and oxygen atoms in total. The third-order valence-electron chi connectivity index (χ3n) is 2.69. The van der Waals surface area contributed by atoms with Gasteiger partial charge in [-0.3, -0.25) is 4.79 Å². The van der Waals surface area contributed by atoms with Gasteiger partial charge in [-0.1, -0.05) is 0 Å². The number of anilines is 1. The number of primary amides is 1. The van der Waals surface area contributed by atoms with Crippen molar-refractivity contribution in [2.75, 3.05) is 5.43 Å². The molecule has 0 saturated carbocycles. The summed E-state index contributed by atoms with van der Waals surface area (Å²) in [6.45, 7) is 0. The highest BCUT2D eigenvalue weighted by molar-refractivity contribution is 7.08. The summed E-state index contributed by atoms with van der Waals surface area (Å²) < 4.78 is 0. The van der Waals surface area contributed by atoms with Crippen LogP contribution in [0.2, 0.25) is 0 Å². The maximum Gasteiger partial charge on any atom is 0.249 e. The number of aromatic amines is 1. The number of carbonyl (C=O) groups is 1. The van der Waals surface area contributed by atoms with E-state index in [9.17, 15) is 4.79 Å². The van der Waals surface area contributed by atoms with Crippen LogP contribution in [0.5, 0.6) is 0 Å². The molecule has 82 valence electrons. The van der Waals surface area contributed by atoms with Gasteiger partial charge in [0.1, 0.15) is 0 Å². The fourth-order valence-corrected chi connectivity index (χ4v) is 2.47. The number of H-pyrrole nitrogens is 1. The molecule has 16 heavy (non-hydrogen) atoms. The van der Waals surface area contributed by atoms with Gasteiger partial charge < -0.3 is 16.1 Å². The molecule has 1 atom stereocenters. The zero-order chi connectivity index (χ0) is 11.1. The Balaban J connectivity index is 0.000000101. The predicted molar refractivity (Wildman–Crippen MR) is 62.2 cm³/mol. The molecule has 1 unspecified atom stereocenters. The number of amides is 1. The number of fused-ring (bicyclic) bond motifs is 2. The van der Waals surface area contributed by atoms with Crippen LogP contribution < -0.4 is 16.6 Å². The molecule has 4 bridgehead atoms. The zero-order valence-corrected chi connectivity index (χ0v) is 9.10. The molecule has 2 aromatic heterocycles. The summed E-state index contributed by atoms with van der Waals surface area (Å²) in [7, 11) is 0. The summed E-state index contributed by atoms with van der Waals surface area (Å²) in [4.78, 5) is 13.4. The number of thiophene rings is 1. The Labute approximate surface area is 95.6 Å². The van der Waals surface area contributed by atoms with E-state index in [0.717, 1.165) is 0 Å². The van der Waals surface area contributed by atoms with E-state index in [4.69, 9.17) is 5.73 Å². The molecule has 3 aliphatic heterocycles. The highest BCUT2D eigenvalue weighted by Crippen LogP contribution is 2.47. The lowest BCUT2D eigenvalue weighted by Gasteiger charge is -2.07. The predicted octanol–water partition coefficient (Wildman–Crippen LogP) is 1.19. The number of nitrogens with one attached hydrogen (secondary N) is 3. The number of aromatic nitrogens is 1. The number of nitrogens with two attached hydrogens (primary N) is 1. The van der Waals surface area contributed by atoms with E-state index in [0.29, 0.717) is 11.6 Å². The van der Waals surface area contributed by atoms with Crippen LogP contribution in [0, 0.1) is 0 Å².